The van der Waals surface area contributed by atoms with Crippen LogP contribution in [0.15, 0.2) is 12.1 Å². The highest BCUT2D eigenvalue weighted by atomic mass is 32.1. The molecule has 0 atom stereocenters. The van der Waals surface area contributed by atoms with Crippen LogP contribution in [-0.4, -0.2) is 27.2 Å². The highest BCUT2D eigenvalue weighted by Gasteiger charge is 2.38. The minimum absolute atomic E-state index is 0.0429. The Morgan fingerprint density at radius 2 is 2.28 bits per heavy atom. The van der Waals surface area contributed by atoms with Crippen LogP contribution in [0, 0.1) is 11.7 Å². The number of rotatable bonds is 3. The summed E-state index contributed by atoms with van der Waals surface area (Å²) in [6.45, 7) is 2.79. The molecular weight excluding hydrogens is 246 g/mol. The standard InChI is InChI=1S/C13H17N3OS/c1-9-4-5-10-11(14-9)16(12(18)15-10)8-13(17-2)6-3-7-13/h4-5H,3,6-8H2,1-2H3,(H,15,18). The number of imidazole rings is 1. The zero-order valence-corrected chi connectivity index (χ0v) is 11.5. The summed E-state index contributed by atoms with van der Waals surface area (Å²) in [6.07, 6.45) is 3.43. The Hall–Kier alpha value is -1.20. The number of aromatic nitrogens is 3. The number of pyridine rings is 1. The van der Waals surface area contributed by atoms with Crippen molar-refractivity contribution in [1.29, 1.82) is 0 Å². The molecule has 0 amide bonds. The van der Waals surface area contributed by atoms with Gasteiger partial charge < -0.3 is 9.72 Å². The van der Waals surface area contributed by atoms with Gasteiger partial charge in [0.1, 0.15) is 0 Å². The molecule has 0 spiro atoms. The molecule has 2 aromatic heterocycles. The van der Waals surface area contributed by atoms with Gasteiger partial charge in [-0.1, -0.05) is 0 Å². The maximum absolute atomic E-state index is 5.67. The Kier molecular flexibility index (Phi) is 2.75. The van der Waals surface area contributed by atoms with Crippen LogP contribution < -0.4 is 0 Å². The van der Waals surface area contributed by atoms with E-state index in [1.807, 2.05) is 19.1 Å². The van der Waals surface area contributed by atoms with Gasteiger partial charge >= 0.3 is 0 Å². The third kappa shape index (κ3) is 1.78. The fourth-order valence-electron chi connectivity index (χ4n) is 2.56. The Labute approximate surface area is 111 Å². The molecule has 1 saturated carbocycles. The van der Waals surface area contributed by atoms with E-state index in [1.54, 1.807) is 7.11 Å². The van der Waals surface area contributed by atoms with Gasteiger partial charge in [-0.2, -0.15) is 0 Å². The molecule has 18 heavy (non-hydrogen) atoms. The van der Waals surface area contributed by atoms with E-state index in [9.17, 15) is 0 Å². The van der Waals surface area contributed by atoms with Crippen LogP contribution in [0.5, 0.6) is 0 Å². The van der Waals surface area contributed by atoms with Gasteiger partial charge in [-0.25, -0.2) is 4.98 Å². The van der Waals surface area contributed by atoms with Gasteiger partial charge in [0.05, 0.1) is 17.7 Å². The first kappa shape index (κ1) is 11.9. The summed E-state index contributed by atoms with van der Waals surface area (Å²) in [5.41, 5.74) is 2.89. The Morgan fingerprint density at radius 1 is 1.50 bits per heavy atom. The Morgan fingerprint density at radius 3 is 2.89 bits per heavy atom. The summed E-state index contributed by atoms with van der Waals surface area (Å²) >= 11 is 5.40. The molecule has 4 nitrogen and oxygen atoms in total. The summed E-state index contributed by atoms with van der Waals surface area (Å²) in [6, 6.07) is 4.03. The lowest BCUT2D eigenvalue weighted by molar-refractivity contribution is -0.0831. The molecule has 1 N–H and O–H groups in total. The topological polar surface area (TPSA) is 42.8 Å². The number of aromatic amines is 1. The van der Waals surface area contributed by atoms with E-state index < -0.39 is 0 Å². The van der Waals surface area contributed by atoms with E-state index in [1.165, 1.54) is 6.42 Å². The summed E-state index contributed by atoms with van der Waals surface area (Å²) in [7, 11) is 1.79. The first-order valence-corrected chi connectivity index (χ1v) is 6.66. The van der Waals surface area contributed by atoms with Gasteiger partial charge in [0, 0.05) is 12.8 Å². The lowest BCUT2D eigenvalue weighted by Gasteiger charge is -2.40. The predicted molar refractivity (Wildman–Crippen MR) is 73.2 cm³/mol. The molecule has 1 fully saturated rings. The highest BCUT2D eigenvalue weighted by Crippen LogP contribution is 2.37. The maximum atomic E-state index is 5.67. The van der Waals surface area contributed by atoms with Crippen molar-refractivity contribution < 1.29 is 4.74 Å². The first-order valence-electron chi connectivity index (χ1n) is 6.25. The van der Waals surface area contributed by atoms with Crippen molar-refractivity contribution in [2.45, 2.75) is 38.3 Å². The lowest BCUT2D eigenvalue weighted by atomic mass is 9.80. The number of hydrogen-bond donors (Lipinski definition) is 1. The lowest BCUT2D eigenvalue weighted by Crippen LogP contribution is -2.43. The average Bonchev–Trinajstić information content (AvgIpc) is 2.60. The summed E-state index contributed by atoms with van der Waals surface area (Å²) < 4.78 is 8.47. The third-order valence-corrected chi connectivity index (χ3v) is 4.22. The zero-order valence-electron chi connectivity index (χ0n) is 10.7. The normalized spacial score (nSPS) is 17.9. The fourth-order valence-corrected chi connectivity index (χ4v) is 2.82. The van der Waals surface area contributed by atoms with Crippen LogP contribution in [0.1, 0.15) is 25.0 Å². The third-order valence-electron chi connectivity index (χ3n) is 3.90. The molecule has 0 radical (unpaired) electrons. The van der Waals surface area contributed by atoms with Crippen molar-refractivity contribution in [3.8, 4) is 0 Å². The van der Waals surface area contributed by atoms with Crippen LogP contribution in [0.3, 0.4) is 0 Å². The molecule has 1 aliphatic carbocycles. The summed E-state index contributed by atoms with van der Waals surface area (Å²) in [4.78, 5) is 7.79. The second-order valence-electron chi connectivity index (χ2n) is 5.08. The molecule has 96 valence electrons. The maximum Gasteiger partial charge on any atom is 0.179 e. The van der Waals surface area contributed by atoms with Gasteiger partial charge in [0.25, 0.3) is 0 Å². The second kappa shape index (κ2) is 4.17. The van der Waals surface area contributed by atoms with E-state index in [2.05, 4.69) is 14.5 Å². The predicted octanol–water partition coefficient (Wildman–Crippen LogP) is 2.97. The van der Waals surface area contributed by atoms with Crippen LogP contribution >= 0.6 is 12.2 Å². The number of fused-ring (bicyclic) bond motifs is 1. The van der Waals surface area contributed by atoms with Crippen molar-refractivity contribution in [2.24, 2.45) is 0 Å². The first-order chi connectivity index (χ1) is 8.63. The molecule has 2 aromatic rings. The molecule has 0 aromatic carbocycles. The minimum atomic E-state index is -0.0429. The van der Waals surface area contributed by atoms with Crippen LogP contribution in [0.4, 0.5) is 0 Å². The quantitative estimate of drug-likeness (QED) is 0.866. The van der Waals surface area contributed by atoms with Gasteiger partial charge in [0.15, 0.2) is 10.4 Å². The van der Waals surface area contributed by atoms with Crippen LogP contribution in [0.2, 0.25) is 0 Å². The number of aryl methyl sites for hydroxylation is 1. The van der Waals surface area contributed by atoms with Gasteiger partial charge in [0.2, 0.25) is 0 Å². The van der Waals surface area contributed by atoms with Crippen LogP contribution in [-0.2, 0) is 11.3 Å². The molecule has 0 aliphatic heterocycles. The molecule has 0 unspecified atom stereocenters. The molecule has 0 saturated heterocycles. The van der Waals surface area contributed by atoms with Crippen molar-refractivity contribution in [2.75, 3.05) is 7.11 Å². The van der Waals surface area contributed by atoms with E-state index in [0.717, 1.165) is 41.0 Å². The van der Waals surface area contributed by atoms with Crippen LogP contribution in [0.25, 0.3) is 11.2 Å². The van der Waals surface area contributed by atoms with Gasteiger partial charge in [-0.15, -0.1) is 0 Å². The molecular formula is C13H17N3OS. The summed E-state index contributed by atoms with van der Waals surface area (Å²) in [5.74, 6) is 0. The Balaban J connectivity index is 2.08. The zero-order chi connectivity index (χ0) is 12.8. The largest absolute Gasteiger partial charge is 0.376 e. The van der Waals surface area contributed by atoms with E-state index in [4.69, 9.17) is 17.0 Å². The SMILES string of the molecule is COC1(Cn2c(=S)[nH]c3ccc(C)nc32)CCC1. The Bertz CT molecular complexity index is 634. The number of H-pyrrole nitrogens is 1. The molecule has 0 bridgehead atoms. The highest BCUT2D eigenvalue weighted by molar-refractivity contribution is 7.71. The van der Waals surface area contributed by atoms with Gasteiger partial charge in [-0.05, 0) is 50.5 Å². The van der Waals surface area contributed by atoms with Crippen molar-refractivity contribution in [3.05, 3.63) is 22.6 Å². The minimum Gasteiger partial charge on any atom is -0.376 e. The van der Waals surface area contributed by atoms with Crippen molar-refractivity contribution in [3.63, 3.8) is 0 Å². The number of ether oxygens (including phenoxy) is 1. The molecule has 5 heteroatoms. The smallest absolute Gasteiger partial charge is 0.179 e. The monoisotopic (exact) mass is 263 g/mol. The second-order valence-corrected chi connectivity index (χ2v) is 5.47. The number of nitrogens with one attached hydrogen (secondary N) is 1. The fraction of sp³-hybridized carbons (Fsp3) is 0.538. The number of methoxy groups -OCH3 is 1. The number of nitrogens with zero attached hydrogens (tertiary/aromatic N) is 2. The average molecular weight is 263 g/mol. The molecule has 2 heterocycles. The van der Waals surface area contributed by atoms with Crippen molar-refractivity contribution in [1.82, 2.24) is 14.5 Å². The van der Waals surface area contributed by atoms with E-state index >= 15 is 0 Å². The van der Waals surface area contributed by atoms with Gasteiger partial charge in [-0.3, -0.25) is 4.57 Å². The summed E-state index contributed by atoms with van der Waals surface area (Å²) in [5, 5.41) is 0. The van der Waals surface area contributed by atoms with E-state index in [0.29, 0.717) is 0 Å². The van der Waals surface area contributed by atoms with Crippen molar-refractivity contribution >= 4 is 23.4 Å². The number of hydrogen-bond acceptors (Lipinski definition) is 3. The van der Waals surface area contributed by atoms with E-state index in [-0.39, 0.29) is 5.60 Å². The molecule has 1 aliphatic rings. The molecule has 3 rings (SSSR count).